The van der Waals surface area contributed by atoms with Crippen molar-refractivity contribution in [1.29, 1.82) is 0 Å². The lowest BCUT2D eigenvalue weighted by Gasteiger charge is -2.34. The van der Waals surface area contributed by atoms with Crippen LogP contribution in [0.5, 0.6) is 0 Å². The second-order valence-electron chi connectivity index (χ2n) is 9.93. The molecule has 6 rings (SSSR count). The molecular formula is C28H28ClFN6O2. The zero-order valence-corrected chi connectivity index (χ0v) is 21.8. The lowest BCUT2D eigenvalue weighted by Crippen LogP contribution is -2.44. The quantitative estimate of drug-likeness (QED) is 0.372. The Morgan fingerprint density at radius 1 is 1.11 bits per heavy atom. The molecule has 2 aromatic heterocycles. The van der Waals surface area contributed by atoms with Gasteiger partial charge in [-0.15, -0.1) is 4.73 Å². The van der Waals surface area contributed by atoms with Crippen LogP contribution in [0.2, 0.25) is 5.02 Å². The predicted molar refractivity (Wildman–Crippen MR) is 148 cm³/mol. The van der Waals surface area contributed by atoms with E-state index in [0.29, 0.717) is 29.5 Å². The number of fused-ring (bicyclic) bond motifs is 1. The third-order valence-electron chi connectivity index (χ3n) is 7.06. The fourth-order valence-corrected chi connectivity index (χ4v) is 4.86. The summed E-state index contributed by atoms with van der Waals surface area (Å²) in [5.74, 6) is 0.141. The van der Waals surface area contributed by atoms with Crippen LogP contribution < -0.4 is 20.6 Å². The van der Waals surface area contributed by atoms with Crippen LogP contribution in [0.15, 0.2) is 59.5 Å². The maximum atomic E-state index is 14.7. The van der Waals surface area contributed by atoms with Crippen molar-refractivity contribution < 1.29 is 9.23 Å². The standard InChI is InChI=1S/C28H28ClFN6O2/c1-34-11-13-35(14-12-34)21-9-7-20(8-10-21)32-28-31-16-19-15-22(25-23(29)3-2-4-24(25)30)27(37)36(26(19)33-28)38-17-18-5-6-18/h2-4,7-10,15-16,18H,5-6,11-14,17H2,1H3,(H,31,32,33). The smallest absolute Gasteiger partial charge is 0.293 e. The van der Waals surface area contributed by atoms with Gasteiger partial charge in [-0.1, -0.05) is 17.7 Å². The van der Waals surface area contributed by atoms with E-state index < -0.39 is 11.4 Å². The zero-order valence-electron chi connectivity index (χ0n) is 21.0. The number of hydrogen-bond donors (Lipinski definition) is 1. The zero-order chi connectivity index (χ0) is 26.2. The molecule has 0 amide bonds. The Hall–Kier alpha value is -3.69. The van der Waals surface area contributed by atoms with E-state index in [1.807, 2.05) is 12.1 Å². The molecule has 2 fully saturated rings. The lowest BCUT2D eigenvalue weighted by atomic mass is 10.1. The molecule has 1 N–H and O–H groups in total. The molecule has 1 saturated heterocycles. The van der Waals surface area contributed by atoms with Gasteiger partial charge in [0.1, 0.15) is 12.4 Å². The topological polar surface area (TPSA) is 75.5 Å². The average molecular weight is 535 g/mol. The number of nitrogens with one attached hydrogen (secondary N) is 1. The van der Waals surface area contributed by atoms with Crippen LogP contribution >= 0.6 is 11.6 Å². The van der Waals surface area contributed by atoms with Gasteiger partial charge in [-0.2, -0.15) is 4.98 Å². The van der Waals surface area contributed by atoms with Gasteiger partial charge in [0.2, 0.25) is 5.95 Å². The van der Waals surface area contributed by atoms with Crippen molar-refractivity contribution in [2.45, 2.75) is 12.8 Å². The summed E-state index contributed by atoms with van der Waals surface area (Å²) in [6.07, 6.45) is 3.70. The van der Waals surface area contributed by atoms with Crippen LogP contribution in [-0.4, -0.2) is 59.4 Å². The molecule has 8 nitrogen and oxygen atoms in total. The van der Waals surface area contributed by atoms with Gasteiger partial charge in [-0.05, 0) is 68.3 Å². The maximum Gasteiger partial charge on any atom is 0.293 e. The first-order chi connectivity index (χ1) is 18.5. The van der Waals surface area contributed by atoms with Gasteiger partial charge in [0, 0.05) is 54.7 Å². The minimum absolute atomic E-state index is 0.0347. The first-order valence-electron chi connectivity index (χ1n) is 12.8. The van der Waals surface area contributed by atoms with E-state index in [2.05, 4.69) is 44.3 Å². The predicted octanol–water partition coefficient (Wildman–Crippen LogP) is 4.59. The van der Waals surface area contributed by atoms with Crippen molar-refractivity contribution in [3.05, 3.63) is 75.9 Å². The second kappa shape index (κ2) is 10.2. The van der Waals surface area contributed by atoms with Gasteiger partial charge in [-0.3, -0.25) is 4.79 Å². The number of likely N-dealkylation sites (N-methyl/N-ethyl adjacent to an activating group) is 1. The summed E-state index contributed by atoms with van der Waals surface area (Å²) >= 11 is 6.28. The van der Waals surface area contributed by atoms with E-state index in [4.69, 9.17) is 16.4 Å². The Morgan fingerprint density at radius 2 is 1.87 bits per heavy atom. The molecule has 0 spiro atoms. The summed E-state index contributed by atoms with van der Waals surface area (Å²) < 4.78 is 15.9. The van der Waals surface area contributed by atoms with Crippen LogP contribution in [0.4, 0.5) is 21.7 Å². The fourth-order valence-electron chi connectivity index (χ4n) is 4.60. The monoisotopic (exact) mass is 534 g/mol. The number of anilines is 3. The van der Waals surface area contributed by atoms with Crippen LogP contribution in [0.3, 0.4) is 0 Å². The molecule has 196 valence electrons. The first-order valence-corrected chi connectivity index (χ1v) is 13.1. The van der Waals surface area contributed by atoms with E-state index >= 15 is 0 Å². The molecule has 0 atom stereocenters. The number of piperazine rings is 1. The number of benzene rings is 2. The number of hydrogen-bond acceptors (Lipinski definition) is 7. The van der Waals surface area contributed by atoms with E-state index in [1.54, 1.807) is 18.3 Å². The normalized spacial score (nSPS) is 16.1. The molecule has 1 aliphatic carbocycles. The minimum atomic E-state index is -0.582. The number of halogens is 2. The van der Waals surface area contributed by atoms with Crippen molar-refractivity contribution in [2.24, 2.45) is 5.92 Å². The van der Waals surface area contributed by atoms with Crippen LogP contribution in [-0.2, 0) is 0 Å². The molecule has 0 radical (unpaired) electrons. The molecule has 0 bridgehead atoms. The summed E-state index contributed by atoms with van der Waals surface area (Å²) in [5.41, 5.74) is 1.91. The molecular weight excluding hydrogens is 507 g/mol. The molecule has 2 aromatic carbocycles. The summed E-state index contributed by atoms with van der Waals surface area (Å²) in [6.45, 7) is 4.45. The van der Waals surface area contributed by atoms with Gasteiger partial charge in [-0.25, -0.2) is 9.37 Å². The molecule has 38 heavy (non-hydrogen) atoms. The SMILES string of the molecule is CN1CCN(c2ccc(Nc3ncc4cc(-c5c(F)cccc5Cl)c(=O)n(OCC5CC5)c4n3)cc2)CC1. The summed E-state index contributed by atoms with van der Waals surface area (Å²) in [7, 11) is 2.14. The van der Waals surface area contributed by atoms with Gasteiger partial charge < -0.3 is 20.0 Å². The largest absolute Gasteiger partial charge is 0.408 e. The van der Waals surface area contributed by atoms with Crippen molar-refractivity contribution >= 4 is 40.0 Å². The average Bonchev–Trinajstić information content (AvgIpc) is 3.74. The summed E-state index contributed by atoms with van der Waals surface area (Å²) in [5, 5.41) is 3.90. The number of pyridine rings is 1. The van der Waals surface area contributed by atoms with Crippen LogP contribution in [0, 0.1) is 11.7 Å². The Balaban J connectivity index is 1.33. The lowest BCUT2D eigenvalue weighted by molar-refractivity contribution is 0.102. The first kappa shape index (κ1) is 24.6. The van der Waals surface area contributed by atoms with E-state index in [-0.39, 0.29) is 16.1 Å². The summed E-state index contributed by atoms with van der Waals surface area (Å²) in [6, 6.07) is 14.0. The third-order valence-corrected chi connectivity index (χ3v) is 7.38. The highest BCUT2D eigenvalue weighted by molar-refractivity contribution is 6.33. The molecule has 1 aliphatic heterocycles. The third kappa shape index (κ3) is 5.04. The number of nitrogens with zero attached hydrogens (tertiary/aromatic N) is 5. The second-order valence-corrected chi connectivity index (χ2v) is 10.3. The van der Waals surface area contributed by atoms with Crippen LogP contribution in [0.1, 0.15) is 12.8 Å². The Morgan fingerprint density at radius 3 is 2.58 bits per heavy atom. The van der Waals surface area contributed by atoms with Gasteiger partial charge in [0.05, 0.1) is 10.6 Å². The van der Waals surface area contributed by atoms with Gasteiger partial charge in [0.25, 0.3) is 5.56 Å². The van der Waals surface area contributed by atoms with Gasteiger partial charge in [0.15, 0.2) is 5.65 Å². The molecule has 3 heterocycles. The van der Waals surface area contributed by atoms with Crippen molar-refractivity contribution in [1.82, 2.24) is 19.6 Å². The fraction of sp³-hybridized carbons (Fsp3) is 0.321. The van der Waals surface area contributed by atoms with Gasteiger partial charge >= 0.3 is 0 Å². The number of rotatable bonds is 7. The highest BCUT2D eigenvalue weighted by Gasteiger charge is 2.24. The Labute approximate surface area is 224 Å². The molecule has 10 heteroatoms. The Kier molecular flexibility index (Phi) is 6.63. The van der Waals surface area contributed by atoms with Crippen molar-refractivity contribution in [3.63, 3.8) is 0 Å². The maximum absolute atomic E-state index is 14.7. The Bertz CT molecular complexity index is 1510. The highest BCUT2D eigenvalue weighted by atomic mass is 35.5. The molecule has 1 saturated carbocycles. The van der Waals surface area contributed by atoms with Crippen molar-refractivity contribution in [2.75, 3.05) is 50.1 Å². The van der Waals surface area contributed by atoms with E-state index in [1.165, 1.54) is 17.8 Å². The highest BCUT2D eigenvalue weighted by Crippen LogP contribution is 2.31. The molecule has 4 aromatic rings. The molecule has 0 unspecified atom stereocenters. The molecule has 2 aliphatic rings. The minimum Gasteiger partial charge on any atom is -0.408 e. The van der Waals surface area contributed by atoms with Crippen LogP contribution in [0.25, 0.3) is 22.2 Å². The van der Waals surface area contributed by atoms with E-state index in [0.717, 1.165) is 49.4 Å². The van der Waals surface area contributed by atoms with E-state index in [9.17, 15) is 9.18 Å². The van der Waals surface area contributed by atoms with Crippen molar-refractivity contribution in [3.8, 4) is 11.1 Å². The summed E-state index contributed by atoms with van der Waals surface area (Å²) in [4.78, 5) is 33.2. The number of aromatic nitrogens is 3.